The molecule has 3 aromatic rings. The molecule has 0 atom stereocenters. The molecular weight excluding hydrogens is 445 g/mol. The fraction of sp³-hybridized carbons (Fsp3) is 0.419. The van der Waals surface area contributed by atoms with Gasteiger partial charge < -0.3 is 4.74 Å². The molecule has 0 aromatic heterocycles. The van der Waals surface area contributed by atoms with Crippen LogP contribution in [0.5, 0.6) is 5.75 Å². The van der Waals surface area contributed by atoms with E-state index in [1.165, 1.54) is 18.9 Å². The van der Waals surface area contributed by atoms with Crippen LogP contribution in [0.3, 0.4) is 0 Å². The van der Waals surface area contributed by atoms with Gasteiger partial charge in [0, 0.05) is 11.6 Å². The number of aryl methyl sites for hydroxylation is 2. The van der Waals surface area contributed by atoms with Crippen LogP contribution in [0.4, 0.5) is 13.2 Å². The summed E-state index contributed by atoms with van der Waals surface area (Å²) >= 11 is 0. The van der Waals surface area contributed by atoms with Crippen LogP contribution in [0.2, 0.25) is 0 Å². The van der Waals surface area contributed by atoms with Crippen LogP contribution < -0.4 is 4.74 Å². The summed E-state index contributed by atoms with van der Waals surface area (Å²) in [6, 6.07) is 16.0. The summed E-state index contributed by atoms with van der Waals surface area (Å²) in [5.74, 6) is -0.327. The quantitative estimate of drug-likeness (QED) is 0.297. The zero-order valence-corrected chi connectivity index (χ0v) is 20.8. The van der Waals surface area contributed by atoms with E-state index >= 15 is 0 Å². The molecule has 0 heterocycles. The molecular formula is C31H35F3O. The first kappa shape index (κ1) is 25.3. The Morgan fingerprint density at radius 3 is 2.20 bits per heavy atom. The summed E-state index contributed by atoms with van der Waals surface area (Å²) in [5.41, 5.74) is 3.23. The van der Waals surface area contributed by atoms with Gasteiger partial charge in [0.25, 0.3) is 0 Å². The van der Waals surface area contributed by atoms with Crippen molar-refractivity contribution in [2.75, 3.05) is 6.61 Å². The van der Waals surface area contributed by atoms with Crippen LogP contribution in [0, 0.1) is 23.4 Å². The number of ether oxygens (including phenoxy) is 1. The van der Waals surface area contributed by atoms with E-state index in [1.807, 2.05) is 31.2 Å². The number of hydrogen-bond donors (Lipinski definition) is 0. The van der Waals surface area contributed by atoms with E-state index in [0.717, 1.165) is 42.7 Å². The zero-order valence-electron chi connectivity index (χ0n) is 20.8. The van der Waals surface area contributed by atoms with Crippen molar-refractivity contribution in [3.63, 3.8) is 0 Å². The summed E-state index contributed by atoms with van der Waals surface area (Å²) in [6.07, 6.45) is 7.54. The van der Waals surface area contributed by atoms with Gasteiger partial charge in [-0.2, -0.15) is 0 Å². The Labute approximate surface area is 207 Å². The SMILES string of the molecule is CCCC1CCC(c2ccc(CCc3ccc(-c4ccc(OCC)cc4F)cc3)c(F)c2F)CC1. The predicted octanol–water partition coefficient (Wildman–Crippen LogP) is 9.03. The number of halogens is 3. The van der Waals surface area contributed by atoms with Crippen molar-refractivity contribution >= 4 is 0 Å². The summed E-state index contributed by atoms with van der Waals surface area (Å²) in [6.45, 7) is 4.55. The van der Waals surface area contributed by atoms with Crippen LogP contribution in [-0.4, -0.2) is 6.61 Å². The highest BCUT2D eigenvalue weighted by molar-refractivity contribution is 5.65. The first-order chi connectivity index (χ1) is 17.0. The molecule has 1 saturated carbocycles. The van der Waals surface area contributed by atoms with Crippen LogP contribution in [0.15, 0.2) is 54.6 Å². The third kappa shape index (κ3) is 6.09. The van der Waals surface area contributed by atoms with Gasteiger partial charge in [-0.05, 0) is 91.7 Å². The van der Waals surface area contributed by atoms with Gasteiger partial charge >= 0.3 is 0 Å². The highest BCUT2D eigenvalue weighted by atomic mass is 19.2. The molecule has 0 spiro atoms. The van der Waals surface area contributed by atoms with E-state index in [4.69, 9.17) is 4.74 Å². The first-order valence-corrected chi connectivity index (χ1v) is 13.0. The normalized spacial score (nSPS) is 18.0. The van der Waals surface area contributed by atoms with E-state index in [0.29, 0.717) is 41.9 Å². The Balaban J connectivity index is 1.39. The monoisotopic (exact) mass is 480 g/mol. The van der Waals surface area contributed by atoms with Gasteiger partial charge in [-0.15, -0.1) is 0 Å². The minimum absolute atomic E-state index is 0.127. The first-order valence-electron chi connectivity index (χ1n) is 13.0. The van der Waals surface area contributed by atoms with Gasteiger partial charge in [0.2, 0.25) is 0 Å². The number of benzene rings is 3. The smallest absolute Gasteiger partial charge is 0.162 e. The molecule has 0 unspecified atom stereocenters. The number of hydrogen-bond acceptors (Lipinski definition) is 1. The molecule has 35 heavy (non-hydrogen) atoms. The standard InChI is InChI=1S/C31H35F3O/c1-3-5-21-6-13-24(14-7-21)28-18-16-25(30(33)31(28)34)15-10-22-8-11-23(12-9-22)27-19-17-26(35-4-2)20-29(27)32/h8-9,11-12,16-21,24H,3-7,10,13-15H2,1-2H3. The lowest BCUT2D eigenvalue weighted by atomic mass is 9.77. The molecule has 3 aromatic carbocycles. The van der Waals surface area contributed by atoms with Crippen molar-refractivity contribution in [3.8, 4) is 16.9 Å². The number of rotatable bonds is 9. The van der Waals surface area contributed by atoms with Gasteiger partial charge in [-0.1, -0.05) is 56.2 Å². The second-order valence-electron chi connectivity index (χ2n) is 9.72. The van der Waals surface area contributed by atoms with Gasteiger partial charge in [0.1, 0.15) is 11.6 Å². The van der Waals surface area contributed by atoms with Crippen molar-refractivity contribution in [1.82, 2.24) is 0 Å². The fourth-order valence-corrected chi connectivity index (χ4v) is 5.40. The lowest BCUT2D eigenvalue weighted by Gasteiger charge is -2.29. The summed E-state index contributed by atoms with van der Waals surface area (Å²) in [7, 11) is 0. The minimum atomic E-state index is -0.703. The molecule has 1 aliphatic carbocycles. The van der Waals surface area contributed by atoms with Gasteiger partial charge in [0.05, 0.1) is 6.61 Å². The van der Waals surface area contributed by atoms with E-state index in [-0.39, 0.29) is 11.7 Å². The molecule has 1 fully saturated rings. The lowest BCUT2D eigenvalue weighted by Crippen LogP contribution is -2.15. The van der Waals surface area contributed by atoms with Crippen LogP contribution >= 0.6 is 0 Å². The minimum Gasteiger partial charge on any atom is -0.494 e. The molecule has 0 radical (unpaired) electrons. The molecule has 1 aliphatic rings. The molecule has 0 amide bonds. The fourth-order valence-electron chi connectivity index (χ4n) is 5.40. The Morgan fingerprint density at radius 2 is 1.54 bits per heavy atom. The maximum Gasteiger partial charge on any atom is 0.162 e. The van der Waals surface area contributed by atoms with Gasteiger partial charge in [0.15, 0.2) is 11.6 Å². The maximum atomic E-state index is 15.0. The van der Waals surface area contributed by atoms with Crippen molar-refractivity contribution < 1.29 is 17.9 Å². The van der Waals surface area contributed by atoms with E-state index in [1.54, 1.807) is 24.3 Å². The van der Waals surface area contributed by atoms with E-state index in [9.17, 15) is 13.2 Å². The molecule has 0 aliphatic heterocycles. The third-order valence-corrected chi connectivity index (χ3v) is 7.38. The second-order valence-corrected chi connectivity index (χ2v) is 9.72. The lowest BCUT2D eigenvalue weighted by molar-refractivity contribution is 0.302. The molecule has 0 bridgehead atoms. The zero-order chi connectivity index (χ0) is 24.8. The third-order valence-electron chi connectivity index (χ3n) is 7.38. The van der Waals surface area contributed by atoms with E-state index < -0.39 is 11.6 Å². The predicted molar refractivity (Wildman–Crippen MR) is 136 cm³/mol. The Morgan fingerprint density at radius 1 is 0.800 bits per heavy atom. The average molecular weight is 481 g/mol. The highest BCUT2D eigenvalue weighted by Gasteiger charge is 2.26. The van der Waals surface area contributed by atoms with Crippen molar-refractivity contribution in [3.05, 3.63) is 88.7 Å². The van der Waals surface area contributed by atoms with Crippen molar-refractivity contribution in [2.24, 2.45) is 5.92 Å². The summed E-state index contributed by atoms with van der Waals surface area (Å²) in [4.78, 5) is 0. The summed E-state index contributed by atoms with van der Waals surface area (Å²) in [5, 5.41) is 0. The largest absolute Gasteiger partial charge is 0.494 e. The molecule has 1 nitrogen and oxygen atoms in total. The molecule has 4 heteroatoms. The molecule has 4 rings (SSSR count). The Hall–Kier alpha value is -2.75. The summed E-state index contributed by atoms with van der Waals surface area (Å²) < 4.78 is 49.7. The van der Waals surface area contributed by atoms with Crippen LogP contribution in [0.1, 0.15) is 75.0 Å². The second kappa shape index (κ2) is 11.8. The average Bonchev–Trinajstić information content (AvgIpc) is 2.87. The molecule has 186 valence electrons. The van der Waals surface area contributed by atoms with Crippen LogP contribution in [-0.2, 0) is 12.8 Å². The maximum absolute atomic E-state index is 15.0. The Bertz CT molecular complexity index is 1110. The molecule has 0 N–H and O–H groups in total. The van der Waals surface area contributed by atoms with Crippen molar-refractivity contribution in [1.29, 1.82) is 0 Å². The van der Waals surface area contributed by atoms with E-state index in [2.05, 4.69) is 6.92 Å². The topological polar surface area (TPSA) is 9.23 Å². The van der Waals surface area contributed by atoms with Crippen molar-refractivity contribution in [2.45, 2.75) is 71.1 Å². The molecule has 0 saturated heterocycles. The Kier molecular flexibility index (Phi) is 8.54. The van der Waals surface area contributed by atoms with Gasteiger partial charge in [-0.25, -0.2) is 13.2 Å². The van der Waals surface area contributed by atoms with Gasteiger partial charge in [-0.3, -0.25) is 0 Å². The highest BCUT2D eigenvalue weighted by Crippen LogP contribution is 2.39. The van der Waals surface area contributed by atoms with Crippen LogP contribution in [0.25, 0.3) is 11.1 Å².